The molecule has 0 amide bonds. The SMILES string of the molecule is CCN(CC1CCC(CC(=O)OCc2ccccc2)CC1)c1ccc(C(F)(F)F)cc1CN(c1ncc(OCCSC)cn1)[C@@H](C)c1cc(C(F)(F)F)cc(C(F)(F)F)c1. The van der Waals surface area contributed by atoms with Gasteiger partial charge in [-0.15, -0.1) is 0 Å². The Morgan fingerprint density at radius 3 is 1.98 bits per heavy atom. The Kier molecular flexibility index (Phi) is 15.7. The summed E-state index contributed by atoms with van der Waals surface area (Å²) in [7, 11) is 0. The van der Waals surface area contributed by atoms with Crippen LogP contribution in [0.5, 0.6) is 5.75 Å². The number of ether oxygens (including phenoxy) is 2. The molecule has 1 heterocycles. The Morgan fingerprint density at radius 2 is 1.42 bits per heavy atom. The van der Waals surface area contributed by atoms with E-state index in [1.807, 2.05) is 48.4 Å². The lowest BCUT2D eigenvalue weighted by Crippen LogP contribution is -2.34. The van der Waals surface area contributed by atoms with Crippen LogP contribution >= 0.6 is 11.8 Å². The number of carbonyl (C=O) groups excluding carboxylic acids is 1. The summed E-state index contributed by atoms with van der Waals surface area (Å²) in [5.74, 6) is 0.686. The minimum atomic E-state index is -5.13. The van der Waals surface area contributed by atoms with Crippen LogP contribution in [0, 0.1) is 11.8 Å². The van der Waals surface area contributed by atoms with Gasteiger partial charge in [0.05, 0.1) is 41.7 Å². The highest BCUT2D eigenvalue weighted by atomic mass is 32.2. The smallest absolute Gasteiger partial charge is 0.416 e. The lowest BCUT2D eigenvalue weighted by atomic mass is 9.80. The van der Waals surface area contributed by atoms with Crippen molar-refractivity contribution in [3.63, 3.8) is 0 Å². The average molecular weight is 871 g/mol. The molecule has 0 saturated heterocycles. The van der Waals surface area contributed by atoms with Gasteiger partial charge in [-0.25, -0.2) is 9.97 Å². The van der Waals surface area contributed by atoms with Gasteiger partial charge in [0.2, 0.25) is 5.95 Å². The highest BCUT2D eigenvalue weighted by Gasteiger charge is 2.38. The van der Waals surface area contributed by atoms with E-state index in [1.165, 1.54) is 42.0 Å². The summed E-state index contributed by atoms with van der Waals surface area (Å²) in [6, 6.07) is 12.5. The minimum Gasteiger partial charge on any atom is -0.489 e. The fourth-order valence-corrected chi connectivity index (χ4v) is 7.55. The van der Waals surface area contributed by atoms with Crippen LogP contribution < -0.4 is 14.5 Å². The predicted octanol–water partition coefficient (Wildman–Crippen LogP) is 11.8. The van der Waals surface area contributed by atoms with E-state index in [9.17, 15) is 44.3 Å². The maximum atomic E-state index is 14.3. The number of hydrogen-bond acceptors (Lipinski definition) is 8. The quantitative estimate of drug-likeness (QED) is 0.0590. The van der Waals surface area contributed by atoms with E-state index in [-0.39, 0.29) is 54.2 Å². The number of esters is 1. The van der Waals surface area contributed by atoms with Crippen molar-refractivity contribution < 1.29 is 53.8 Å². The second-order valence-corrected chi connectivity index (χ2v) is 15.8. The zero-order valence-electron chi connectivity index (χ0n) is 33.3. The molecular weight excluding hydrogens is 824 g/mol. The third-order valence-corrected chi connectivity index (χ3v) is 11.2. The van der Waals surface area contributed by atoms with Crippen molar-refractivity contribution in [2.24, 2.45) is 11.8 Å². The van der Waals surface area contributed by atoms with Crippen molar-refractivity contribution in [2.45, 2.75) is 83.7 Å². The zero-order chi connectivity index (χ0) is 43.7. The highest BCUT2D eigenvalue weighted by molar-refractivity contribution is 7.98. The Bertz CT molecular complexity index is 1960. The number of alkyl halides is 9. The topological polar surface area (TPSA) is 67.8 Å². The number of nitrogens with zero attached hydrogens (tertiary/aromatic N) is 4. The van der Waals surface area contributed by atoms with E-state index in [1.54, 1.807) is 0 Å². The average Bonchev–Trinajstić information content (AvgIpc) is 3.21. The fraction of sp³-hybridized carbons (Fsp3) is 0.465. The highest BCUT2D eigenvalue weighted by Crippen LogP contribution is 2.41. The molecule has 5 rings (SSSR count). The summed E-state index contributed by atoms with van der Waals surface area (Å²) < 4.78 is 138. The normalized spacial score (nSPS) is 16.6. The Labute approximate surface area is 347 Å². The van der Waals surface area contributed by atoms with E-state index in [4.69, 9.17) is 9.47 Å². The number of thioether (sulfide) groups is 1. The summed E-state index contributed by atoms with van der Waals surface area (Å²) in [4.78, 5) is 24.5. The molecule has 1 fully saturated rings. The number of hydrogen-bond donors (Lipinski definition) is 0. The molecule has 1 aliphatic rings. The van der Waals surface area contributed by atoms with Gasteiger partial charge in [-0.05, 0) is 111 Å². The Hall–Kier alpha value is -4.67. The predicted molar refractivity (Wildman–Crippen MR) is 213 cm³/mol. The number of carbonyl (C=O) groups is 1. The van der Waals surface area contributed by atoms with Gasteiger partial charge in [-0.2, -0.15) is 51.3 Å². The second kappa shape index (κ2) is 20.3. The maximum Gasteiger partial charge on any atom is 0.416 e. The standard InChI is InChI=1S/C43H47F9N4O3S/c1-4-55(25-30-12-10-29(11-13-30)18-39(57)59-27-31-8-6-5-7-9-31)38-15-14-34(41(44,45)46)21-33(38)26-56(40-53-23-37(24-54-40)58-16-17-60-3)28(2)32-19-35(42(47,48)49)22-36(20-32)43(50,51)52/h5-9,14-15,19-24,28-30H,4,10-13,16-18,25-27H2,1-3H3/t28-,29?,30?/m0/s1. The van der Waals surface area contributed by atoms with E-state index in [0.717, 1.165) is 43.4 Å². The molecule has 17 heteroatoms. The summed E-state index contributed by atoms with van der Waals surface area (Å²) >= 11 is 1.52. The van der Waals surface area contributed by atoms with Crippen molar-refractivity contribution in [3.8, 4) is 5.75 Å². The van der Waals surface area contributed by atoms with Crippen molar-refractivity contribution in [2.75, 3.05) is 41.5 Å². The van der Waals surface area contributed by atoms with Gasteiger partial charge in [0, 0.05) is 37.5 Å². The first-order chi connectivity index (χ1) is 28.3. The first-order valence-electron chi connectivity index (χ1n) is 19.5. The van der Waals surface area contributed by atoms with Crippen LogP contribution in [0.4, 0.5) is 51.1 Å². The van der Waals surface area contributed by atoms with Crippen LogP contribution in [0.1, 0.15) is 85.4 Å². The van der Waals surface area contributed by atoms with Crippen LogP contribution in [0.15, 0.2) is 79.1 Å². The molecule has 326 valence electrons. The molecule has 1 saturated carbocycles. The molecule has 0 unspecified atom stereocenters. The Morgan fingerprint density at radius 1 is 0.817 bits per heavy atom. The molecule has 60 heavy (non-hydrogen) atoms. The fourth-order valence-electron chi connectivity index (χ4n) is 7.30. The molecule has 4 aromatic rings. The van der Waals surface area contributed by atoms with E-state index >= 15 is 0 Å². The molecule has 0 aliphatic heterocycles. The van der Waals surface area contributed by atoms with Crippen LogP contribution in [0.2, 0.25) is 0 Å². The largest absolute Gasteiger partial charge is 0.489 e. The number of rotatable bonds is 17. The second-order valence-electron chi connectivity index (χ2n) is 14.8. The number of benzene rings is 3. The van der Waals surface area contributed by atoms with E-state index in [0.29, 0.717) is 43.3 Å². The van der Waals surface area contributed by atoms with Crippen molar-refractivity contribution in [1.82, 2.24) is 9.97 Å². The molecule has 0 N–H and O–H groups in total. The van der Waals surface area contributed by atoms with Crippen LogP contribution in [0.3, 0.4) is 0 Å². The summed E-state index contributed by atoms with van der Waals surface area (Å²) in [6.45, 7) is 4.10. The van der Waals surface area contributed by atoms with Crippen LogP contribution in [-0.2, 0) is 41.2 Å². The summed E-state index contributed by atoms with van der Waals surface area (Å²) in [6.07, 6.45) is -7.29. The van der Waals surface area contributed by atoms with Gasteiger partial charge in [0.15, 0.2) is 5.75 Å². The molecular formula is C43H47F9N4O3S. The van der Waals surface area contributed by atoms with Gasteiger partial charge in [-0.1, -0.05) is 30.3 Å². The number of aromatic nitrogens is 2. The van der Waals surface area contributed by atoms with Gasteiger partial charge < -0.3 is 19.3 Å². The molecule has 0 bridgehead atoms. The third kappa shape index (κ3) is 12.9. The Balaban J connectivity index is 1.44. The van der Waals surface area contributed by atoms with Crippen molar-refractivity contribution in [3.05, 3.63) is 113 Å². The van der Waals surface area contributed by atoms with E-state index in [2.05, 4.69) is 9.97 Å². The van der Waals surface area contributed by atoms with Crippen LogP contribution in [0.25, 0.3) is 0 Å². The molecule has 7 nitrogen and oxygen atoms in total. The summed E-state index contributed by atoms with van der Waals surface area (Å²) in [5, 5.41) is 0. The van der Waals surface area contributed by atoms with Gasteiger partial charge in [-0.3, -0.25) is 4.79 Å². The molecule has 1 aromatic heterocycles. The third-order valence-electron chi connectivity index (χ3n) is 10.6. The lowest BCUT2D eigenvalue weighted by molar-refractivity contribution is -0.146. The minimum absolute atomic E-state index is 0.0208. The first-order valence-corrected chi connectivity index (χ1v) is 20.9. The van der Waals surface area contributed by atoms with Gasteiger partial charge in [0.25, 0.3) is 0 Å². The molecule has 0 spiro atoms. The molecule has 0 radical (unpaired) electrons. The lowest BCUT2D eigenvalue weighted by Gasteiger charge is -2.36. The summed E-state index contributed by atoms with van der Waals surface area (Å²) in [5.41, 5.74) is -3.05. The van der Waals surface area contributed by atoms with Crippen molar-refractivity contribution in [1.29, 1.82) is 0 Å². The van der Waals surface area contributed by atoms with E-state index < -0.39 is 53.4 Å². The number of halogens is 9. The van der Waals surface area contributed by atoms with Crippen molar-refractivity contribution >= 4 is 29.4 Å². The van der Waals surface area contributed by atoms with Crippen LogP contribution in [-0.4, -0.2) is 47.6 Å². The number of anilines is 2. The van der Waals surface area contributed by atoms with Gasteiger partial charge in [0.1, 0.15) is 6.61 Å². The maximum absolute atomic E-state index is 14.3. The molecule has 1 aliphatic carbocycles. The monoisotopic (exact) mass is 870 g/mol. The first kappa shape index (κ1) is 46.4. The molecule has 3 aromatic carbocycles. The zero-order valence-corrected chi connectivity index (χ0v) is 34.2. The molecule has 1 atom stereocenters. The van der Waals surface area contributed by atoms with Gasteiger partial charge >= 0.3 is 24.5 Å².